The van der Waals surface area contributed by atoms with Crippen molar-refractivity contribution >= 4 is 5.97 Å². The fourth-order valence-corrected chi connectivity index (χ4v) is 1.08. The molecule has 5 nitrogen and oxygen atoms in total. The van der Waals surface area contributed by atoms with Crippen LogP contribution in [0, 0.1) is 0 Å². The highest BCUT2D eigenvalue weighted by atomic mass is 16.5. The average molecular weight is 211 g/mol. The van der Waals surface area contributed by atoms with Crippen molar-refractivity contribution in [1.29, 1.82) is 0 Å². The Morgan fingerprint density at radius 3 is 2.13 bits per heavy atom. The molecule has 0 bridgehead atoms. The zero-order valence-corrected chi connectivity index (χ0v) is 8.94. The Labute approximate surface area is 88.0 Å². The third kappa shape index (κ3) is 3.12. The molecule has 1 heterocycles. The summed E-state index contributed by atoms with van der Waals surface area (Å²) in [5.74, 6) is 0.506. The average Bonchev–Trinajstić information content (AvgIpc) is 2.28. The highest BCUT2D eigenvalue weighted by molar-refractivity contribution is 5.72. The molecule has 0 amide bonds. The van der Waals surface area contributed by atoms with Crippen LogP contribution in [-0.4, -0.2) is 32.3 Å². The second kappa shape index (κ2) is 5.19. The van der Waals surface area contributed by atoms with Gasteiger partial charge in [-0.25, -0.2) is 0 Å². The van der Waals surface area contributed by atoms with Crippen molar-refractivity contribution in [2.45, 2.75) is 6.42 Å². The van der Waals surface area contributed by atoms with Crippen molar-refractivity contribution in [1.82, 2.24) is 4.98 Å². The van der Waals surface area contributed by atoms with Crippen LogP contribution in [0.3, 0.4) is 0 Å². The van der Waals surface area contributed by atoms with Crippen LogP contribution in [-0.2, 0) is 16.0 Å². The number of nitrogens with zero attached hydrogens (tertiary/aromatic N) is 1. The molecule has 0 aromatic carbocycles. The normalized spacial score (nSPS) is 9.53. The molecule has 0 saturated carbocycles. The molecule has 1 rings (SSSR count). The van der Waals surface area contributed by atoms with Crippen molar-refractivity contribution in [3.05, 3.63) is 17.7 Å². The number of pyridine rings is 1. The van der Waals surface area contributed by atoms with E-state index in [4.69, 9.17) is 9.47 Å². The van der Waals surface area contributed by atoms with Gasteiger partial charge in [0.05, 0.1) is 27.8 Å². The van der Waals surface area contributed by atoms with E-state index in [0.29, 0.717) is 11.8 Å². The topological polar surface area (TPSA) is 57.7 Å². The monoisotopic (exact) mass is 211 g/mol. The number of hydrogen-bond donors (Lipinski definition) is 0. The zero-order chi connectivity index (χ0) is 11.3. The van der Waals surface area contributed by atoms with Crippen LogP contribution in [0.15, 0.2) is 12.1 Å². The maximum Gasteiger partial charge on any atom is 0.309 e. The van der Waals surface area contributed by atoms with Crippen molar-refractivity contribution in [3.8, 4) is 11.8 Å². The zero-order valence-electron chi connectivity index (χ0n) is 8.94. The van der Waals surface area contributed by atoms with Gasteiger partial charge in [0.1, 0.15) is 0 Å². The van der Waals surface area contributed by atoms with Crippen LogP contribution in [0.2, 0.25) is 0 Å². The van der Waals surface area contributed by atoms with Gasteiger partial charge < -0.3 is 14.2 Å². The van der Waals surface area contributed by atoms with Gasteiger partial charge in [-0.3, -0.25) is 4.79 Å². The molecule has 15 heavy (non-hydrogen) atoms. The van der Waals surface area contributed by atoms with E-state index >= 15 is 0 Å². The summed E-state index contributed by atoms with van der Waals surface area (Å²) in [5.41, 5.74) is 0.741. The van der Waals surface area contributed by atoms with Gasteiger partial charge >= 0.3 is 5.97 Å². The number of rotatable bonds is 4. The Bertz CT molecular complexity index is 329. The fraction of sp³-hybridized carbons (Fsp3) is 0.400. The molecule has 0 aliphatic rings. The lowest BCUT2D eigenvalue weighted by atomic mass is 10.2. The van der Waals surface area contributed by atoms with Crippen LogP contribution in [0.1, 0.15) is 5.56 Å². The quantitative estimate of drug-likeness (QED) is 0.690. The maximum absolute atomic E-state index is 11.1. The van der Waals surface area contributed by atoms with Crippen molar-refractivity contribution in [2.24, 2.45) is 0 Å². The SMILES string of the molecule is COC(=O)Cc1cc(OC)nc(OC)c1. The van der Waals surface area contributed by atoms with Gasteiger partial charge in [0.15, 0.2) is 0 Å². The summed E-state index contributed by atoms with van der Waals surface area (Å²) in [6, 6.07) is 3.33. The number of aromatic nitrogens is 1. The van der Waals surface area contributed by atoms with Gasteiger partial charge in [0.25, 0.3) is 0 Å². The van der Waals surface area contributed by atoms with Crippen LogP contribution in [0.5, 0.6) is 11.8 Å². The summed E-state index contributed by atoms with van der Waals surface area (Å²) in [6.45, 7) is 0. The standard InChI is InChI=1S/C10H13NO4/c1-13-8-4-7(6-10(12)15-3)5-9(11-8)14-2/h4-5H,6H2,1-3H3. The molecule has 0 radical (unpaired) electrons. The third-order valence-electron chi connectivity index (χ3n) is 1.83. The number of hydrogen-bond acceptors (Lipinski definition) is 5. The van der Waals surface area contributed by atoms with Gasteiger partial charge in [-0.05, 0) is 5.56 Å². The second-order valence-corrected chi connectivity index (χ2v) is 2.81. The summed E-state index contributed by atoms with van der Waals surface area (Å²) >= 11 is 0. The molecule has 1 aromatic rings. The molecule has 0 fully saturated rings. The molecule has 1 aromatic heterocycles. The second-order valence-electron chi connectivity index (χ2n) is 2.81. The minimum absolute atomic E-state index is 0.172. The summed E-state index contributed by atoms with van der Waals surface area (Å²) in [6.07, 6.45) is 0.172. The van der Waals surface area contributed by atoms with E-state index in [2.05, 4.69) is 9.72 Å². The van der Waals surface area contributed by atoms with Crippen LogP contribution >= 0.6 is 0 Å². The highest BCUT2D eigenvalue weighted by Gasteiger charge is 2.07. The van der Waals surface area contributed by atoms with Crippen molar-refractivity contribution < 1.29 is 19.0 Å². The van der Waals surface area contributed by atoms with Gasteiger partial charge in [0, 0.05) is 12.1 Å². The van der Waals surface area contributed by atoms with E-state index in [0.717, 1.165) is 5.56 Å². The molecular formula is C10H13NO4. The summed E-state index contributed by atoms with van der Waals surface area (Å²) in [4.78, 5) is 15.1. The summed E-state index contributed by atoms with van der Waals surface area (Å²) < 4.78 is 14.5. The number of methoxy groups -OCH3 is 3. The molecule has 0 aliphatic carbocycles. The van der Waals surface area contributed by atoms with E-state index in [-0.39, 0.29) is 12.4 Å². The van der Waals surface area contributed by atoms with E-state index in [9.17, 15) is 4.79 Å². The number of carbonyl (C=O) groups excluding carboxylic acids is 1. The Morgan fingerprint density at radius 2 is 1.73 bits per heavy atom. The lowest BCUT2D eigenvalue weighted by Gasteiger charge is -2.06. The van der Waals surface area contributed by atoms with E-state index in [1.165, 1.54) is 21.3 Å². The van der Waals surface area contributed by atoms with Crippen LogP contribution in [0.4, 0.5) is 0 Å². The predicted octanol–water partition coefficient (Wildman–Crippen LogP) is 0.814. The van der Waals surface area contributed by atoms with Gasteiger partial charge in [-0.15, -0.1) is 0 Å². The molecular weight excluding hydrogens is 198 g/mol. The number of ether oxygens (including phenoxy) is 3. The predicted molar refractivity (Wildman–Crippen MR) is 53.1 cm³/mol. The Hall–Kier alpha value is -1.78. The molecule has 0 unspecified atom stereocenters. The van der Waals surface area contributed by atoms with Crippen molar-refractivity contribution in [3.63, 3.8) is 0 Å². The number of carbonyl (C=O) groups is 1. The highest BCUT2D eigenvalue weighted by Crippen LogP contribution is 2.17. The van der Waals surface area contributed by atoms with Gasteiger partial charge in [0.2, 0.25) is 11.8 Å². The van der Waals surface area contributed by atoms with E-state index in [1.54, 1.807) is 12.1 Å². The summed E-state index contributed by atoms with van der Waals surface area (Å²) in [7, 11) is 4.35. The molecule has 0 atom stereocenters. The van der Waals surface area contributed by atoms with Gasteiger partial charge in [-0.2, -0.15) is 4.98 Å². The van der Waals surface area contributed by atoms with Crippen molar-refractivity contribution in [2.75, 3.05) is 21.3 Å². The first-order chi connectivity index (χ1) is 7.19. The lowest BCUT2D eigenvalue weighted by Crippen LogP contribution is -2.05. The molecule has 0 aliphatic heterocycles. The first kappa shape index (κ1) is 11.3. The molecule has 5 heteroatoms. The first-order valence-electron chi connectivity index (χ1n) is 4.35. The molecule has 0 spiro atoms. The first-order valence-corrected chi connectivity index (χ1v) is 4.35. The van der Waals surface area contributed by atoms with Crippen LogP contribution < -0.4 is 9.47 Å². The Morgan fingerprint density at radius 1 is 1.20 bits per heavy atom. The largest absolute Gasteiger partial charge is 0.481 e. The maximum atomic E-state index is 11.1. The molecule has 82 valence electrons. The Balaban J connectivity index is 2.91. The molecule has 0 saturated heterocycles. The summed E-state index contributed by atoms with van der Waals surface area (Å²) in [5, 5.41) is 0. The van der Waals surface area contributed by atoms with E-state index in [1.807, 2.05) is 0 Å². The molecule has 0 N–H and O–H groups in total. The van der Waals surface area contributed by atoms with Gasteiger partial charge in [-0.1, -0.05) is 0 Å². The fourth-order valence-electron chi connectivity index (χ4n) is 1.08. The lowest BCUT2D eigenvalue weighted by molar-refractivity contribution is -0.139. The third-order valence-corrected chi connectivity index (χ3v) is 1.83. The minimum atomic E-state index is -0.315. The van der Waals surface area contributed by atoms with Crippen LogP contribution in [0.25, 0.3) is 0 Å². The minimum Gasteiger partial charge on any atom is -0.481 e. The van der Waals surface area contributed by atoms with E-state index < -0.39 is 0 Å². The smallest absolute Gasteiger partial charge is 0.309 e. The number of esters is 1. The Kier molecular flexibility index (Phi) is 3.91.